The number of hydrogen-bond acceptors (Lipinski definition) is 6. The van der Waals surface area contributed by atoms with Crippen molar-refractivity contribution in [2.45, 2.75) is 80.1 Å². The Kier molecular flexibility index (Phi) is 45.5. The number of carbonyl (C=O) groups is 4. The summed E-state index contributed by atoms with van der Waals surface area (Å²) in [5.74, 6) is -3.54. The van der Waals surface area contributed by atoms with Gasteiger partial charge in [0.2, 0.25) is 0 Å². The molecule has 0 aromatic rings. The van der Waals surface area contributed by atoms with Gasteiger partial charge in [-0.2, -0.15) is 0 Å². The zero-order valence-electron chi connectivity index (χ0n) is 19.8. The van der Waals surface area contributed by atoms with E-state index in [-0.39, 0.29) is 23.9 Å². The largest absolute Gasteiger partial charge is 0.478 e. The molecule has 0 rings (SSSR count). The fraction of sp³-hybridized carbons (Fsp3) is 0.636. The maximum absolute atomic E-state index is 10.5. The molecule has 2 N–H and O–H groups in total. The zero-order chi connectivity index (χ0) is 24.2. The minimum absolute atomic E-state index is 0. The van der Waals surface area contributed by atoms with E-state index < -0.39 is 23.9 Å². The predicted molar refractivity (Wildman–Crippen MR) is 123 cm³/mol. The molecule has 0 unspecified atom stereocenters. The number of rotatable bonds is 10. The van der Waals surface area contributed by atoms with Gasteiger partial charge in [0, 0.05) is 48.2 Å². The van der Waals surface area contributed by atoms with E-state index in [9.17, 15) is 19.2 Å². The molecule has 180 valence electrons. The third kappa shape index (κ3) is 58.4. The van der Waals surface area contributed by atoms with Gasteiger partial charge in [-0.15, -0.1) is 0 Å². The summed E-state index contributed by atoms with van der Waals surface area (Å²) in [6, 6.07) is 0. The van der Waals surface area contributed by atoms with Crippen LogP contribution in [0.1, 0.15) is 80.1 Å². The van der Waals surface area contributed by atoms with E-state index in [2.05, 4.69) is 37.2 Å². The summed E-state index contributed by atoms with van der Waals surface area (Å²) < 4.78 is 9.10. The van der Waals surface area contributed by atoms with Crippen molar-refractivity contribution in [1.29, 1.82) is 0 Å². The van der Waals surface area contributed by atoms with Crippen LogP contribution in [0.15, 0.2) is 24.3 Å². The van der Waals surface area contributed by atoms with Crippen molar-refractivity contribution < 1.29 is 38.9 Å². The first-order chi connectivity index (χ1) is 14.2. The Hall–Kier alpha value is -1.84. The van der Waals surface area contributed by atoms with E-state index in [0.29, 0.717) is 13.2 Å². The standard InChI is InChI=1S/2C7H10O4.2C4H10.Sn/c2*1-2-5-11-7(10)4-3-6(8)9;2*1-3-4-2;/h2*3-4H,2,5H2,1H3,(H,8,9);2*3-4H2,1-2H3;/b2*4-3-;;;. The number of ether oxygens (including phenoxy) is 2. The molecule has 0 spiro atoms. The average molecular weight is 551 g/mol. The maximum Gasteiger partial charge on any atom is 0.331 e. The van der Waals surface area contributed by atoms with E-state index in [1.165, 1.54) is 25.7 Å². The minimum atomic E-state index is -1.15. The Morgan fingerprint density at radius 1 is 0.548 bits per heavy atom. The fourth-order valence-electron chi connectivity index (χ4n) is 0.780. The topological polar surface area (TPSA) is 127 Å². The summed E-state index contributed by atoms with van der Waals surface area (Å²) in [7, 11) is 0. The summed E-state index contributed by atoms with van der Waals surface area (Å²) in [5.41, 5.74) is 0. The van der Waals surface area contributed by atoms with Gasteiger partial charge in [0.05, 0.1) is 13.2 Å². The van der Waals surface area contributed by atoms with E-state index >= 15 is 0 Å². The van der Waals surface area contributed by atoms with Gasteiger partial charge >= 0.3 is 23.9 Å². The molecule has 0 bridgehead atoms. The zero-order valence-corrected chi connectivity index (χ0v) is 22.7. The van der Waals surface area contributed by atoms with Gasteiger partial charge in [-0.3, -0.25) is 0 Å². The second-order valence-electron chi connectivity index (χ2n) is 5.68. The van der Waals surface area contributed by atoms with Crippen LogP contribution < -0.4 is 0 Å². The van der Waals surface area contributed by atoms with Crippen molar-refractivity contribution in [1.82, 2.24) is 0 Å². The monoisotopic (exact) mass is 552 g/mol. The molecule has 0 saturated heterocycles. The van der Waals surface area contributed by atoms with Gasteiger partial charge < -0.3 is 19.7 Å². The first-order valence-corrected chi connectivity index (χ1v) is 10.3. The van der Waals surface area contributed by atoms with Gasteiger partial charge in [0.1, 0.15) is 0 Å². The minimum Gasteiger partial charge on any atom is -0.478 e. The van der Waals surface area contributed by atoms with E-state index in [4.69, 9.17) is 10.2 Å². The van der Waals surface area contributed by atoms with E-state index in [1.54, 1.807) is 0 Å². The van der Waals surface area contributed by atoms with Gasteiger partial charge in [-0.25, -0.2) is 19.2 Å². The summed E-state index contributed by atoms with van der Waals surface area (Å²) in [6.07, 6.45) is 10.0. The van der Waals surface area contributed by atoms with Crippen molar-refractivity contribution in [3.05, 3.63) is 24.3 Å². The first-order valence-electron chi connectivity index (χ1n) is 10.3. The normalized spacial score (nSPS) is 8.97. The van der Waals surface area contributed by atoms with E-state index in [1.807, 2.05) is 13.8 Å². The van der Waals surface area contributed by atoms with Gasteiger partial charge in [0.15, 0.2) is 0 Å². The van der Waals surface area contributed by atoms with E-state index in [0.717, 1.165) is 37.1 Å². The number of carbonyl (C=O) groups excluding carboxylic acids is 2. The number of carboxylic acid groups (broad SMARTS) is 2. The molecule has 0 aromatic carbocycles. The molecule has 31 heavy (non-hydrogen) atoms. The number of hydrogen-bond donors (Lipinski definition) is 2. The summed E-state index contributed by atoms with van der Waals surface area (Å²) in [5, 5.41) is 16.2. The third-order valence-corrected chi connectivity index (χ3v) is 2.62. The molecule has 0 amide bonds. The average Bonchev–Trinajstić information content (AvgIpc) is 2.73. The molecule has 8 nitrogen and oxygen atoms in total. The Morgan fingerprint density at radius 3 is 0.968 bits per heavy atom. The third-order valence-electron chi connectivity index (χ3n) is 2.62. The van der Waals surface area contributed by atoms with Crippen LogP contribution in [0.25, 0.3) is 0 Å². The summed E-state index contributed by atoms with van der Waals surface area (Å²) in [4.78, 5) is 40.8. The van der Waals surface area contributed by atoms with Crippen molar-refractivity contribution in [3.8, 4) is 0 Å². The van der Waals surface area contributed by atoms with Crippen LogP contribution in [0, 0.1) is 0 Å². The van der Waals surface area contributed by atoms with Crippen molar-refractivity contribution in [2.75, 3.05) is 13.2 Å². The van der Waals surface area contributed by atoms with Crippen LogP contribution in [0.4, 0.5) is 0 Å². The smallest absolute Gasteiger partial charge is 0.331 e. The number of carboxylic acids is 2. The molecule has 0 atom stereocenters. The van der Waals surface area contributed by atoms with Gasteiger partial charge in [-0.1, -0.05) is 67.2 Å². The molecule has 4 radical (unpaired) electrons. The second kappa shape index (κ2) is 35.6. The molecule has 0 heterocycles. The molecule has 0 fully saturated rings. The van der Waals surface area contributed by atoms with Gasteiger partial charge in [-0.05, 0) is 12.8 Å². The van der Waals surface area contributed by atoms with Crippen LogP contribution in [-0.4, -0.2) is 71.2 Å². The number of esters is 2. The molecule has 0 aromatic heterocycles. The van der Waals surface area contributed by atoms with Crippen molar-refractivity contribution >= 4 is 47.8 Å². The molecule has 0 aliphatic carbocycles. The summed E-state index contributed by atoms with van der Waals surface area (Å²) in [6.45, 7) is 13.1. The Bertz CT molecular complexity index is 440. The van der Waals surface area contributed by atoms with Crippen LogP contribution >= 0.6 is 0 Å². The van der Waals surface area contributed by atoms with Crippen molar-refractivity contribution in [3.63, 3.8) is 0 Å². The predicted octanol–water partition coefficient (Wildman–Crippen LogP) is 4.39. The SMILES string of the molecule is CCCC.CCCC.CCCOC(=O)/C=C\C(=O)O.CCCOC(=O)/C=C\C(=O)O.[Sn]. The Labute approximate surface area is 204 Å². The van der Waals surface area contributed by atoms with Crippen LogP contribution in [0.2, 0.25) is 0 Å². The first kappa shape index (κ1) is 39.6. The Morgan fingerprint density at radius 2 is 0.806 bits per heavy atom. The molecule has 0 aliphatic heterocycles. The molecular formula is C22H40O8Sn. The maximum atomic E-state index is 10.5. The second-order valence-corrected chi connectivity index (χ2v) is 5.68. The van der Waals surface area contributed by atoms with Gasteiger partial charge in [0.25, 0.3) is 0 Å². The van der Waals surface area contributed by atoms with Crippen LogP contribution in [-0.2, 0) is 28.7 Å². The quantitative estimate of drug-likeness (QED) is 0.233. The molecular weight excluding hydrogens is 511 g/mol. The number of aliphatic carboxylic acids is 2. The van der Waals surface area contributed by atoms with Crippen LogP contribution in [0.5, 0.6) is 0 Å². The van der Waals surface area contributed by atoms with Crippen molar-refractivity contribution in [2.24, 2.45) is 0 Å². The molecule has 0 saturated carbocycles. The summed E-state index contributed by atoms with van der Waals surface area (Å²) >= 11 is 0. The number of unbranched alkanes of at least 4 members (excludes halogenated alkanes) is 2. The fourth-order valence-corrected chi connectivity index (χ4v) is 0.780. The Balaban J connectivity index is -0.000000106. The molecule has 9 heteroatoms. The molecule has 0 aliphatic rings. The van der Waals surface area contributed by atoms with Crippen LogP contribution in [0.3, 0.4) is 0 Å².